The lowest BCUT2D eigenvalue weighted by molar-refractivity contribution is -0.111. The highest BCUT2D eigenvalue weighted by atomic mass is 16.1. The molecule has 0 aliphatic rings. The van der Waals surface area contributed by atoms with Crippen LogP contribution in [0.15, 0.2) is 48.7 Å². The Morgan fingerprint density at radius 3 is 2.81 bits per heavy atom. The van der Waals surface area contributed by atoms with Crippen LogP contribution in [0.5, 0.6) is 0 Å². The number of amides is 1. The molecule has 1 aromatic heterocycles. The molecule has 0 spiro atoms. The van der Waals surface area contributed by atoms with Crippen molar-refractivity contribution in [3.8, 4) is 0 Å². The highest BCUT2D eigenvalue weighted by Gasteiger charge is 2.06. The first-order chi connectivity index (χ1) is 10.1. The van der Waals surface area contributed by atoms with Gasteiger partial charge in [0.25, 0.3) is 0 Å². The molecule has 0 atom stereocenters. The number of nitrogen functional groups attached to an aromatic ring is 1. The lowest BCUT2D eigenvalue weighted by Gasteiger charge is -2.15. The smallest absolute Gasteiger partial charge is 0.248 e. The molecule has 1 aromatic carbocycles. The minimum Gasteiger partial charge on any atom is -0.399 e. The molecule has 5 nitrogen and oxygen atoms in total. The van der Waals surface area contributed by atoms with Gasteiger partial charge >= 0.3 is 0 Å². The van der Waals surface area contributed by atoms with Gasteiger partial charge in [-0.1, -0.05) is 12.1 Å². The van der Waals surface area contributed by atoms with Crippen LogP contribution in [0.1, 0.15) is 5.56 Å². The van der Waals surface area contributed by atoms with Gasteiger partial charge in [0, 0.05) is 32.1 Å². The van der Waals surface area contributed by atoms with Crippen LogP contribution in [0.25, 0.3) is 6.08 Å². The van der Waals surface area contributed by atoms with Crippen LogP contribution >= 0.6 is 0 Å². The molecule has 0 aliphatic heterocycles. The van der Waals surface area contributed by atoms with Crippen molar-refractivity contribution in [1.29, 1.82) is 0 Å². The summed E-state index contributed by atoms with van der Waals surface area (Å²) in [6.45, 7) is 0. The molecule has 108 valence electrons. The largest absolute Gasteiger partial charge is 0.399 e. The van der Waals surface area contributed by atoms with E-state index in [1.165, 1.54) is 6.08 Å². The van der Waals surface area contributed by atoms with Gasteiger partial charge in [0.05, 0.1) is 5.69 Å². The molecule has 0 saturated heterocycles. The third-order valence-corrected chi connectivity index (χ3v) is 2.81. The third-order valence-electron chi connectivity index (χ3n) is 2.81. The summed E-state index contributed by atoms with van der Waals surface area (Å²) in [6.07, 6.45) is 4.88. The number of hydrogen-bond acceptors (Lipinski definition) is 4. The molecule has 2 aromatic rings. The van der Waals surface area contributed by atoms with Gasteiger partial charge in [-0.05, 0) is 35.9 Å². The van der Waals surface area contributed by atoms with Gasteiger partial charge in [0.2, 0.25) is 5.91 Å². The fraction of sp³-hybridized carbons (Fsp3) is 0.125. The molecule has 0 radical (unpaired) electrons. The predicted molar refractivity (Wildman–Crippen MR) is 87.1 cm³/mol. The molecule has 1 amide bonds. The number of carbonyl (C=O) groups excluding carboxylic acids is 1. The Kier molecular flexibility index (Phi) is 4.56. The predicted octanol–water partition coefficient (Wildman–Crippen LogP) is 2.38. The van der Waals surface area contributed by atoms with Crippen molar-refractivity contribution in [3.05, 3.63) is 54.2 Å². The molecule has 0 aliphatic carbocycles. The zero-order chi connectivity index (χ0) is 15.2. The monoisotopic (exact) mass is 282 g/mol. The van der Waals surface area contributed by atoms with Crippen LogP contribution in [0, 0.1) is 0 Å². The fourth-order valence-electron chi connectivity index (χ4n) is 1.86. The van der Waals surface area contributed by atoms with Crippen LogP contribution in [0.3, 0.4) is 0 Å². The average Bonchev–Trinajstić information content (AvgIpc) is 2.45. The highest BCUT2D eigenvalue weighted by molar-refractivity contribution is 6.03. The van der Waals surface area contributed by atoms with Gasteiger partial charge in [-0.15, -0.1) is 0 Å². The Balaban J connectivity index is 2.09. The van der Waals surface area contributed by atoms with Crippen LogP contribution in [0.4, 0.5) is 17.2 Å². The summed E-state index contributed by atoms with van der Waals surface area (Å²) < 4.78 is 0. The van der Waals surface area contributed by atoms with E-state index in [0.29, 0.717) is 17.2 Å². The summed E-state index contributed by atoms with van der Waals surface area (Å²) >= 11 is 0. The zero-order valence-electron chi connectivity index (χ0n) is 12.1. The highest BCUT2D eigenvalue weighted by Crippen LogP contribution is 2.20. The minimum absolute atomic E-state index is 0.214. The first-order valence-electron chi connectivity index (χ1n) is 6.53. The molecule has 0 bridgehead atoms. The van der Waals surface area contributed by atoms with Crippen molar-refractivity contribution in [1.82, 2.24) is 4.98 Å². The van der Waals surface area contributed by atoms with Crippen LogP contribution in [-0.2, 0) is 4.79 Å². The van der Waals surface area contributed by atoms with Crippen molar-refractivity contribution in [2.24, 2.45) is 0 Å². The molecular weight excluding hydrogens is 264 g/mol. The molecular formula is C16H18N4O. The summed E-state index contributed by atoms with van der Waals surface area (Å²) in [5.74, 6) is 0.497. The minimum atomic E-state index is -0.214. The van der Waals surface area contributed by atoms with E-state index in [2.05, 4.69) is 10.3 Å². The number of rotatable bonds is 4. The Morgan fingerprint density at radius 1 is 1.29 bits per heavy atom. The van der Waals surface area contributed by atoms with E-state index in [0.717, 1.165) is 5.56 Å². The number of carbonyl (C=O) groups is 1. The number of aromatic nitrogens is 1. The van der Waals surface area contributed by atoms with Gasteiger partial charge in [-0.3, -0.25) is 4.79 Å². The number of pyridine rings is 1. The van der Waals surface area contributed by atoms with Gasteiger partial charge in [0.1, 0.15) is 0 Å². The SMILES string of the molecule is CN(C)c1ncccc1NC(=O)/C=C/c1cccc(N)c1. The van der Waals surface area contributed by atoms with Crippen LogP contribution in [-0.4, -0.2) is 25.0 Å². The van der Waals surface area contributed by atoms with E-state index < -0.39 is 0 Å². The molecule has 2 rings (SSSR count). The summed E-state index contributed by atoms with van der Waals surface area (Å²) in [6, 6.07) is 10.9. The first-order valence-corrected chi connectivity index (χ1v) is 6.53. The average molecular weight is 282 g/mol. The standard InChI is InChI=1S/C16H18N4O/c1-20(2)16-14(7-4-10-18-16)19-15(21)9-8-12-5-3-6-13(17)11-12/h3-11H,17H2,1-2H3,(H,19,21)/b9-8+. The maximum atomic E-state index is 12.0. The Bertz CT molecular complexity index is 665. The number of benzene rings is 1. The van der Waals surface area contributed by atoms with E-state index in [1.54, 1.807) is 30.5 Å². The lowest BCUT2D eigenvalue weighted by atomic mass is 10.2. The second-order valence-electron chi connectivity index (χ2n) is 4.76. The molecule has 5 heteroatoms. The summed E-state index contributed by atoms with van der Waals surface area (Å²) in [5, 5.41) is 2.82. The van der Waals surface area contributed by atoms with Crippen LogP contribution in [0.2, 0.25) is 0 Å². The number of nitrogens with two attached hydrogens (primary N) is 1. The Hall–Kier alpha value is -2.82. The lowest BCUT2D eigenvalue weighted by Crippen LogP contribution is -2.16. The zero-order valence-corrected chi connectivity index (χ0v) is 12.1. The van der Waals surface area contributed by atoms with Crippen molar-refractivity contribution in [2.75, 3.05) is 30.0 Å². The molecule has 0 saturated carbocycles. The van der Waals surface area contributed by atoms with Crippen molar-refractivity contribution in [3.63, 3.8) is 0 Å². The summed E-state index contributed by atoms with van der Waals surface area (Å²) in [4.78, 5) is 18.0. The number of nitrogens with zero attached hydrogens (tertiary/aromatic N) is 2. The van der Waals surface area contributed by atoms with E-state index in [1.807, 2.05) is 37.2 Å². The van der Waals surface area contributed by atoms with Gasteiger partial charge in [-0.2, -0.15) is 0 Å². The quantitative estimate of drug-likeness (QED) is 0.667. The number of anilines is 3. The van der Waals surface area contributed by atoms with E-state index in [4.69, 9.17) is 5.73 Å². The molecule has 3 N–H and O–H groups in total. The van der Waals surface area contributed by atoms with Crippen LogP contribution < -0.4 is 16.0 Å². The molecule has 0 fully saturated rings. The normalized spacial score (nSPS) is 10.6. The number of nitrogens with one attached hydrogen (secondary N) is 1. The maximum absolute atomic E-state index is 12.0. The van der Waals surface area contributed by atoms with Crippen molar-refractivity contribution >= 4 is 29.2 Å². The first kappa shape index (κ1) is 14.6. The topological polar surface area (TPSA) is 71.2 Å². The second kappa shape index (κ2) is 6.56. The maximum Gasteiger partial charge on any atom is 0.248 e. The van der Waals surface area contributed by atoms with E-state index >= 15 is 0 Å². The van der Waals surface area contributed by atoms with Crippen molar-refractivity contribution in [2.45, 2.75) is 0 Å². The van der Waals surface area contributed by atoms with Gasteiger partial charge in [-0.25, -0.2) is 4.98 Å². The van der Waals surface area contributed by atoms with Crippen molar-refractivity contribution < 1.29 is 4.79 Å². The fourth-order valence-corrected chi connectivity index (χ4v) is 1.86. The molecule has 0 unspecified atom stereocenters. The summed E-state index contributed by atoms with van der Waals surface area (Å²) in [7, 11) is 3.75. The third kappa shape index (κ3) is 4.07. The second-order valence-corrected chi connectivity index (χ2v) is 4.76. The van der Waals surface area contributed by atoms with E-state index in [-0.39, 0.29) is 5.91 Å². The van der Waals surface area contributed by atoms with E-state index in [9.17, 15) is 4.79 Å². The molecule has 21 heavy (non-hydrogen) atoms. The summed E-state index contributed by atoms with van der Waals surface area (Å²) in [5.41, 5.74) is 7.91. The molecule has 1 heterocycles. The van der Waals surface area contributed by atoms with Gasteiger partial charge < -0.3 is 16.0 Å². The Labute approximate surface area is 124 Å². The number of hydrogen-bond donors (Lipinski definition) is 2. The van der Waals surface area contributed by atoms with Gasteiger partial charge in [0.15, 0.2) is 5.82 Å². The Morgan fingerprint density at radius 2 is 2.10 bits per heavy atom.